The fourth-order valence-corrected chi connectivity index (χ4v) is 3.89. The van der Waals surface area contributed by atoms with E-state index in [2.05, 4.69) is 18.7 Å². The predicted molar refractivity (Wildman–Crippen MR) is 126 cm³/mol. The molecule has 1 aliphatic rings. The van der Waals surface area contributed by atoms with Gasteiger partial charge in [-0.1, -0.05) is 32.0 Å². The van der Waals surface area contributed by atoms with E-state index in [0.717, 1.165) is 42.8 Å². The number of aromatic nitrogens is 2. The summed E-state index contributed by atoms with van der Waals surface area (Å²) in [5.41, 5.74) is 3.12. The number of hydrogen-bond acceptors (Lipinski definition) is 5. The van der Waals surface area contributed by atoms with Gasteiger partial charge in [0.15, 0.2) is 11.5 Å². The second-order valence-corrected chi connectivity index (χ2v) is 7.23. The van der Waals surface area contributed by atoms with Crippen LogP contribution in [0, 0.1) is 5.41 Å². The number of nitrogens with zero attached hydrogens (tertiary/aromatic N) is 3. The Labute approximate surface area is 194 Å². The van der Waals surface area contributed by atoms with Gasteiger partial charge in [-0.3, -0.25) is 5.41 Å². The first-order chi connectivity index (χ1) is 14.1. The van der Waals surface area contributed by atoms with Crippen LogP contribution >= 0.6 is 24.8 Å². The summed E-state index contributed by atoms with van der Waals surface area (Å²) < 4.78 is 14.7. The second kappa shape index (κ2) is 10.9. The number of fused-ring (bicyclic) bond motifs is 2. The number of halogens is 2. The Morgan fingerprint density at radius 2 is 1.65 bits per heavy atom. The molecule has 0 amide bonds. The van der Waals surface area contributed by atoms with Crippen LogP contribution in [-0.4, -0.2) is 45.6 Å². The van der Waals surface area contributed by atoms with Crippen molar-refractivity contribution in [3.63, 3.8) is 0 Å². The summed E-state index contributed by atoms with van der Waals surface area (Å²) in [4.78, 5) is 2.35. The smallest absolute Gasteiger partial charge is 0.231 e. The third-order valence-electron chi connectivity index (χ3n) is 5.65. The topological polar surface area (TPSA) is 75.6 Å². The van der Waals surface area contributed by atoms with Crippen molar-refractivity contribution in [2.24, 2.45) is 0 Å². The van der Waals surface area contributed by atoms with Gasteiger partial charge < -0.3 is 28.6 Å². The molecule has 9 heteroatoms. The number of aliphatic hydroxyl groups is 1. The van der Waals surface area contributed by atoms with Crippen LogP contribution in [0.5, 0.6) is 11.5 Å². The number of hydrogen-bond donors (Lipinski definition) is 2. The molecule has 0 radical (unpaired) electrons. The maximum atomic E-state index is 10.9. The lowest BCUT2D eigenvalue weighted by atomic mass is 10.1. The quantitative estimate of drug-likeness (QED) is 0.529. The molecule has 1 unspecified atom stereocenters. The van der Waals surface area contributed by atoms with E-state index in [1.54, 1.807) is 0 Å². The Hall–Kier alpha value is -2.19. The van der Waals surface area contributed by atoms with Crippen LogP contribution in [0.4, 0.5) is 0 Å². The zero-order valence-electron chi connectivity index (χ0n) is 17.8. The molecule has 0 saturated carbocycles. The number of likely N-dealkylation sites (N-methyl/N-ethyl adjacent to an activating group) is 1. The average molecular weight is 469 g/mol. The molecule has 0 aliphatic carbocycles. The summed E-state index contributed by atoms with van der Waals surface area (Å²) in [7, 11) is 0. The highest BCUT2D eigenvalue weighted by Crippen LogP contribution is 2.34. The summed E-state index contributed by atoms with van der Waals surface area (Å²) in [6, 6.07) is 13.5. The monoisotopic (exact) mass is 468 g/mol. The standard InChI is InChI=1S/C22H28N4O3.2ClH/c1-3-24(4-2)11-12-25-17-7-5-6-8-18(17)26(22(25)23)14-19(27)16-9-10-20-21(13-16)29-15-28-20;;/h5-10,13,19,23,27H,3-4,11-12,14-15H2,1-2H3;2*1H. The largest absolute Gasteiger partial charge is 0.454 e. The molecule has 3 aromatic rings. The Balaban J connectivity index is 0.00000171. The Kier molecular flexibility index (Phi) is 8.82. The van der Waals surface area contributed by atoms with E-state index in [-0.39, 0.29) is 31.6 Å². The third kappa shape index (κ3) is 5.01. The maximum absolute atomic E-state index is 10.9. The number of para-hydroxylation sites is 2. The van der Waals surface area contributed by atoms with Crippen molar-refractivity contribution in [1.82, 2.24) is 14.0 Å². The molecule has 2 heterocycles. The van der Waals surface area contributed by atoms with E-state index < -0.39 is 6.10 Å². The number of imidazole rings is 1. The van der Waals surface area contributed by atoms with Crippen LogP contribution in [-0.2, 0) is 13.1 Å². The summed E-state index contributed by atoms with van der Waals surface area (Å²) in [5.74, 6) is 1.35. The Morgan fingerprint density at radius 3 is 2.32 bits per heavy atom. The maximum Gasteiger partial charge on any atom is 0.231 e. The first-order valence-corrected chi connectivity index (χ1v) is 10.1. The first kappa shape index (κ1) is 25.1. The highest BCUT2D eigenvalue weighted by molar-refractivity contribution is 5.85. The highest BCUT2D eigenvalue weighted by atomic mass is 35.5. The van der Waals surface area contributed by atoms with E-state index in [1.165, 1.54) is 0 Å². The van der Waals surface area contributed by atoms with E-state index in [9.17, 15) is 5.11 Å². The minimum absolute atomic E-state index is 0. The van der Waals surface area contributed by atoms with Crippen LogP contribution in [0.3, 0.4) is 0 Å². The molecule has 0 saturated heterocycles. The highest BCUT2D eigenvalue weighted by Gasteiger charge is 2.19. The average Bonchev–Trinajstić information content (AvgIpc) is 3.32. The molecular weight excluding hydrogens is 439 g/mol. The molecule has 31 heavy (non-hydrogen) atoms. The minimum atomic E-state index is -0.749. The molecule has 170 valence electrons. The first-order valence-electron chi connectivity index (χ1n) is 10.1. The van der Waals surface area contributed by atoms with Crippen molar-refractivity contribution in [3.8, 4) is 11.5 Å². The molecule has 2 N–H and O–H groups in total. The molecule has 0 bridgehead atoms. The fraction of sp³-hybridized carbons (Fsp3) is 0.409. The molecule has 4 rings (SSSR count). The van der Waals surface area contributed by atoms with E-state index >= 15 is 0 Å². The normalized spacial score (nSPS) is 13.2. The van der Waals surface area contributed by atoms with Crippen molar-refractivity contribution in [2.75, 3.05) is 26.4 Å². The van der Waals surface area contributed by atoms with Crippen molar-refractivity contribution in [3.05, 3.63) is 53.6 Å². The number of benzene rings is 2. The number of rotatable bonds is 8. The summed E-state index contributed by atoms with van der Waals surface area (Å²) in [5, 5.41) is 19.6. The van der Waals surface area contributed by atoms with Crippen LogP contribution in [0.2, 0.25) is 0 Å². The van der Waals surface area contributed by atoms with E-state index in [0.29, 0.717) is 23.7 Å². The molecule has 2 aromatic carbocycles. The molecular formula is C22H30Cl2N4O3. The summed E-state index contributed by atoms with van der Waals surface area (Å²) in [6.45, 7) is 8.44. The molecule has 1 aliphatic heterocycles. The molecule has 0 fully saturated rings. The zero-order chi connectivity index (χ0) is 20.4. The van der Waals surface area contributed by atoms with Gasteiger partial charge in [0.2, 0.25) is 12.4 Å². The molecule has 1 atom stereocenters. The second-order valence-electron chi connectivity index (χ2n) is 7.23. The van der Waals surface area contributed by atoms with Gasteiger partial charge >= 0.3 is 0 Å². The van der Waals surface area contributed by atoms with Gasteiger partial charge in [-0.05, 0) is 42.9 Å². The lowest BCUT2D eigenvalue weighted by Gasteiger charge is -2.18. The van der Waals surface area contributed by atoms with Crippen molar-refractivity contribution in [2.45, 2.75) is 33.0 Å². The summed E-state index contributed by atoms with van der Waals surface area (Å²) >= 11 is 0. The number of nitrogens with one attached hydrogen (secondary N) is 1. The van der Waals surface area contributed by atoms with Gasteiger partial charge in [0.05, 0.1) is 23.7 Å². The zero-order valence-corrected chi connectivity index (χ0v) is 19.4. The van der Waals surface area contributed by atoms with Crippen LogP contribution in [0.1, 0.15) is 25.5 Å². The van der Waals surface area contributed by atoms with Gasteiger partial charge in [0, 0.05) is 13.1 Å². The lowest BCUT2D eigenvalue weighted by molar-refractivity contribution is 0.154. The third-order valence-corrected chi connectivity index (χ3v) is 5.65. The number of ether oxygens (including phenoxy) is 2. The Bertz CT molecular complexity index is 1060. The van der Waals surface area contributed by atoms with Crippen molar-refractivity contribution >= 4 is 35.8 Å². The number of aliphatic hydroxyl groups excluding tert-OH is 1. The van der Waals surface area contributed by atoms with Crippen LogP contribution in [0.25, 0.3) is 11.0 Å². The van der Waals surface area contributed by atoms with Crippen molar-refractivity contribution < 1.29 is 14.6 Å². The molecule has 1 aromatic heterocycles. The van der Waals surface area contributed by atoms with Gasteiger partial charge in [-0.25, -0.2) is 0 Å². The van der Waals surface area contributed by atoms with Gasteiger partial charge in [-0.15, -0.1) is 24.8 Å². The fourth-order valence-electron chi connectivity index (χ4n) is 3.89. The predicted octanol–water partition coefficient (Wildman–Crippen LogP) is 3.57. The van der Waals surface area contributed by atoms with E-state index in [4.69, 9.17) is 14.9 Å². The minimum Gasteiger partial charge on any atom is -0.454 e. The Morgan fingerprint density at radius 1 is 1.00 bits per heavy atom. The van der Waals surface area contributed by atoms with Gasteiger partial charge in [0.1, 0.15) is 0 Å². The van der Waals surface area contributed by atoms with Gasteiger partial charge in [-0.2, -0.15) is 0 Å². The summed E-state index contributed by atoms with van der Waals surface area (Å²) in [6.07, 6.45) is -0.749. The SMILES string of the molecule is CCN(CC)CCn1c(=N)n(CC(O)c2ccc3c(c2)OCO3)c2ccccc21.Cl.Cl. The lowest BCUT2D eigenvalue weighted by Crippen LogP contribution is -2.32. The van der Waals surface area contributed by atoms with Gasteiger partial charge in [0.25, 0.3) is 0 Å². The van der Waals surface area contributed by atoms with Crippen LogP contribution in [0.15, 0.2) is 42.5 Å². The van der Waals surface area contributed by atoms with Crippen molar-refractivity contribution in [1.29, 1.82) is 5.41 Å². The van der Waals surface area contributed by atoms with E-state index in [1.807, 2.05) is 51.6 Å². The van der Waals surface area contributed by atoms with Crippen LogP contribution < -0.4 is 15.1 Å². The molecule has 7 nitrogen and oxygen atoms in total. The molecule has 0 spiro atoms.